The van der Waals surface area contributed by atoms with Crippen LogP contribution >= 0.6 is 15.9 Å². The summed E-state index contributed by atoms with van der Waals surface area (Å²) in [6.45, 7) is 2.38. The number of anilines is 1. The van der Waals surface area contributed by atoms with Crippen molar-refractivity contribution in [1.29, 1.82) is 5.26 Å². The molecule has 1 amide bonds. The molecule has 0 saturated heterocycles. The summed E-state index contributed by atoms with van der Waals surface area (Å²) in [6.07, 6.45) is 1.45. The Kier molecular flexibility index (Phi) is 7.67. The van der Waals surface area contributed by atoms with Crippen molar-refractivity contribution in [3.05, 3.63) is 105 Å². The third-order valence-corrected chi connectivity index (χ3v) is 6.25. The molecule has 0 aromatic heterocycles. The number of hydrogen-bond donors (Lipinski definition) is 1. The maximum atomic E-state index is 13.1. The molecule has 1 N–H and O–H groups in total. The van der Waals surface area contributed by atoms with Crippen LogP contribution in [0, 0.1) is 24.1 Å². The first-order valence-corrected chi connectivity index (χ1v) is 11.8. The molecule has 0 aliphatic heterocycles. The molecule has 0 aliphatic rings. The van der Waals surface area contributed by atoms with Gasteiger partial charge in [0.15, 0.2) is 11.5 Å². The van der Waals surface area contributed by atoms with Gasteiger partial charge in [-0.25, -0.2) is 4.39 Å². The number of benzene rings is 4. The largest absolute Gasteiger partial charge is 0.493 e. The highest BCUT2D eigenvalue weighted by Crippen LogP contribution is 2.38. The van der Waals surface area contributed by atoms with Crippen LogP contribution in [-0.2, 0) is 11.4 Å². The molecule has 5 nitrogen and oxygen atoms in total. The molecule has 7 heteroatoms. The van der Waals surface area contributed by atoms with Crippen LogP contribution in [0.2, 0.25) is 0 Å². The SMILES string of the molecule is COc1cc(/C=C(\C#N)C(=O)Nc2ccc(F)cc2)cc(Br)c1OCc1c(C)ccc2ccccc12. The van der Waals surface area contributed by atoms with Gasteiger partial charge in [-0.1, -0.05) is 36.4 Å². The monoisotopic (exact) mass is 544 g/mol. The van der Waals surface area contributed by atoms with E-state index in [-0.39, 0.29) is 5.57 Å². The smallest absolute Gasteiger partial charge is 0.266 e. The summed E-state index contributed by atoms with van der Waals surface area (Å²) in [7, 11) is 1.53. The molecule has 0 unspecified atom stereocenters. The molecule has 0 atom stereocenters. The highest BCUT2D eigenvalue weighted by atomic mass is 79.9. The van der Waals surface area contributed by atoms with Gasteiger partial charge in [-0.2, -0.15) is 5.26 Å². The predicted molar refractivity (Wildman–Crippen MR) is 142 cm³/mol. The van der Waals surface area contributed by atoms with E-state index in [9.17, 15) is 14.4 Å². The number of rotatable bonds is 7. The summed E-state index contributed by atoms with van der Waals surface area (Å²) in [6, 6.07) is 23.0. The van der Waals surface area contributed by atoms with Gasteiger partial charge in [0.2, 0.25) is 0 Å². The third-order valence-electron chi connectivity index (χ3n) is 5.67. The molecular formula is C29H22BrFN2O3. The van der Waals surface area contributed by atoms with Crippen molar-refractivity contribution in [3.8, 4) is 17.6 Å². The number of nitriles is 1. The summed E-state index contributed by atoms with van der Waals surface area (Å²) >= 11 is 3.54. The number of nitrogens with zero attached hydrogens (tertiary/aromatic N) is 1. The van der Waals surface area contributed by atoms with Crippen LogP contribution in [-0.4, -0.2) is 13.0 Å². The second kappa shape index (κ2) is 11.1. The van der Waals surface area contributed by atoms with Crippen molar-refractivity contribution in [1.82, 2.24) is 0 Å². The van der Waals surface area contributed by atoms with E-state index >= 15 is 0 Å². The Labute approximate surface area is 216 Å². The normalized spacial score (nSPS) is 11.1. The molecular weight excluding hydrogens is 523 g/mol. The highest BCUT2D eigenvalue weighted by Gasteiger charge is 2.15. The van der Waals surface area contributed by atoms with E-state index in [1.807, 2.05) is 25.1 Å². The standard InChI is InChI=1S/C29H22BrFN2O3/c1-18-7-8-20-5-3-4-6-24(20)25(18)17-36-28-26(30)14-19(15-27(28)35-2)13-21(16-32)29(34)33-23-11-9-22(31)10-12-23/h3-15H,17H2,1-2H3,(H,33,34)/b21-13+. The first-order valence-electron chi connectivity index (χ1n) is 11.1. The van der Waals surface area contributed by atoms with E-state index in [2.05, 4.69) is 45.5 Å². The van der Waals surface area contributed by atoms with Crippen LogP contribution in [0.5, 0.6) is 11.5 Å². The number of hydrogen-bond acceptors (Lipinski definition) is 4. The molecule has 0 spiro atoms. The van der Waals surface area contributed by atoms with Crippen LogP contribution < -0.4 is 14.8 Å². The van der Waals surface area contributed by atoms with Gasteiger partial charge in [0, 0.05) is 11.3 Å². The number of aryl methyl sites for hydroxylation is 1. The quantitative estimate of drug-likeness (QED) is 0.197. The summed E-state index contributed by atoms with van der Waals surface area (Å²) in [5.41, 5.74) is 3.03. The van der Waals surface area contributed by atoms with Crippen molar-refractivity contribution in [3.63, 3.8) is 0 Å². The first-order chi connectivity index (χ1) is 17.4. The lowest BCUT2D eigenvalue weighted by Crippen LogP contribution is -2.13. The summed E-state index contributed by atoms with van der Waals surface area (Å²) in [5, 5.41) is 14.4. The lowest BCUT2D eigenvalue weighted by Gasteiger charge is -2.16. The zero-order chi connectivity index (χ0) is 25.7. The summed E-state index contributed by atoms with van der Waals surface area (Å²) in [5.74, 6) is -0.0640. The number of fused-ring (bicyclic) bond motifs is 1. The van der Waals surface area contributed by atoms with Gasteiger partial charge in [0.05, 0.1) is 11.6 Å². The Morgan fingerprint density at radius 2 is 1.86 bits per heavy atom. The molecule has 0 heterocycles. The van der Waals surface area contributed by atoms with Gasteiger partial charge in [0.1, 0.15) is 24.1 Å². The van der Waals surface area contributed by atoms with Gasteiger partial charge in [-0.05, 0) is 87.2 Å². The minimum atomic E-state index is -0.606. The maximum Gasteiger partial charge on any atom is 0.266 e. The Hall–Kier alpha value is -4.15. The Balaban J connectivity index is 1.58. The topological polar surface area (TPSA) is 71.3 Å². The van der Waals surface area contributed by atoms with E-state index in [0.29, 0.717) is 33.8 Å². The Morgan fingerprint density at radius 1 is 1.11 bits per heavy atom. The van der Waals surface area contributed by atoms with Gasteiger partial charge in [-0.15, -0.1) is 0 Å². The minimum absolute atomic E-state index is 0.117. The van der Waals surface area contributed by atoms with E-state index in [1.165, 1.54) is 37.5 Å². The minimum Gasteiger partial charge on any atom is -0.493 e. The fraction of sp³-hybridized carbons (Fsp3) is 0.103. The van der Waals surface area contributed by atoms with Crippen LogP contribution in [0.3, 0.4) is 0 Å². The molecule has 4 aromatic carbocycles. The number of halogens is 2. The first kappa shape index (κ1) is 25.0. The molecule has 4 rings (SSSR count). The van der Waals surface area contributed by atoms with Crippen LogP contribution in [0.1, 0.15) is 16.7 Å². The van der Waals surface area contributed by atoms with Gasteiger partial charge >= 0.3 is 0 Å². The van der Waals surface area contributed by atoms with Gasteiger partial charge in [0.25, 0.3) is 5.91 Å². The fourth-order valence-electron chi connectivity index (χ4n) is 3.79. The number of carbonyl (C=O) groups is 1. The van der Waals surface area contributed by atoms with E-state index in [4.69, 9.17) is 9.47 Å². The van der Waals surface area contributed by atoms with E-state index < -0.39 is 11.7 Å². The fourth-order valence-corrected chi connectivity index (χ4v) is 4.37. The van der Waals surface area contributed by atoms with Crippen molar-refractivity contribution in [2.75, 3.05) is 12.4 Å². The van der Waals surface area contributed by atoms with Crippen molar-refractivity contribution in [2.45, 2.75) is 13.5 Å². The van der Waals surface area contributed by atoms with E-state index in [1.54, 1.807) is 12.1 Å². The van der Waals surface area contributed by atoms with Gasteiger partial charge < -0.3 is 14.8 Å². The van der Waals surface area contributed by atoms with Crippen LogP contribution in [0.4, 0.5) is 10.1 Å². The second-order valence-corrected chi connectivity index (χ2v) is 8.89. The predicted octanol–water partition coefficient (Wildman–Crippen LogP) is 7.18. The number of amides is 1. The zero-order valence-electron chi connectivity index (χ0n) is 19.6. The lowest BCUT2D eigenvalue weighted by atomic mass is 10.0. The highest BCUT2D eigenvalue weighted by molar-refractivity contribution is 9.10. The molecule has 0 saturated carbocycles. The Bertz CT molecular complexity index is 1510. The van der Waals surface area contributed by atoms with Crippen molar-refractivity contribution < 1.29 is 18.7 Å². The van der Waals surface area contributed by atoms with Crippen LogP contribution in [0.25, 0.3) is 16.8 Å². The molecule has 0 aliphatic carbocycles. The van der Waals surface area contributed by atoms with Crippen molar-refractivity contribution in [2.24, 2.45) is 0 Å². The molecule has 0 fully saturated rings. The molecule has 36 heavy (non-hydrogen) atoms. The number of carbonyl (C=O) groups excluding carboxylic acids is 1. The summed E-state index contributed by atoms with van der Waals surface area (Å²) < 4.78 is 25.5. The molecule has 4 aromatic rings. The van der Waals surface area contributed by atoms with Crippen molar-refractivity contribution >= 4 is 44.4 Å². The summed E-state index contributed by atoms with van der Waals surface area (Å²) in [4.78, 5) is 12.6. The zero-order valence-corrected chi connectivity index (χ0v) is 21.2. The Morgan fingerprint density at radius 3 is 2.58 bits per heavy atom. The van der Waals surface area contributed by atoms with Crippen LogP contribution in [0.15, 0.2) is 82.8 Å². The molecule has 0 bridgehead atoms. The van der Waals surface area contributed by atoms with E-state index in [0.717, 1.165) is 21.9 Å². The average Bonchev–Trinajstić information content (AvgIpc) is 2.88. The maximum absolute atomic E-state index is 13.1. The lowest BCUT2D eigenvalue weighted by molar-refractivity contribution is -0.112. The molecule has 180 valence electrons. The average molecular weight is 545 g/mol. The van der Waals surface area contributed by atoms with Gasteiger partial charge in [-0.3, -0.25) is 4.79 Å². The third kappa shape index (κ3) is 5.56. The molecule has 0 radical (unpaired) electrons. The second-order valence-electron chi connectivity index (χ2n) is 8.04. The number of ether oxygens (including phenoxy) is 2. The number of nitrogens with one attached hydrogen (secondary N) is 1. The number of methoxy groups -OCH3 is 1.